The van der Waals surface area contributed by atoms with Gasteiger partial charge in [0.2, 0.25) is 0 Å². The second-order valence-electron chi connectivity index (χ2n) is 8.99. The van der Waals surface area contributed by atoms with Gasteiger partial charge in [-0.1, -0.05) is 23.2 Å². The molecular formula is C23H26Cl2N4O4. The Labute approximate surface area is 202 Å². The molecule has 2 fully saturated rings. The molecule has 2 aromatic heterocycles. The second kappa shape index (κ2) is 9.00. The fraction of sp³-hybridized carbons (Fsp3) is 0.522. The number of ether oxygens (including phenoxy) is 2. The molecule has 4 aliphatic rings. The van der Waals surface area contributed by atoms with Crippen LogP contribution in [0, 0.1) is 0 Å². The van der Waals surface area contributed by atoms with Crippen molar-refractivity contribution in [1.82, 2.24) is 9.97 Å². The number of aliphatic hydroxyl groups is 1. The first-order valence-electron chi connectivity index (χ1n) is 11.1. The normalized spacial score (nSPS) is 28.1. The number of fused-ring (bicyclic) bond motifs is 6. The topological polar surface area (TPSA) is 88.0 Å². The maximum atomic E-state index is 11.9. The first-order valence-corrected chi connectivity index (χ1v) is 11.8. The first kappa shape index (κ1) is 22.8. The largest absolute Gasteiger partial charge is 0.384 e. The van der Waals surface area contributed by atoms with E-state index < -0.39 is 5.60 Å². The van der Waals surface area contributed by atoms with Gasteiger partial charge in [-0.2, -0.15) is 0 Å². The standard InChI is InChI=1S/C12H15ClN2O2.C11H11ClN2O2/c1-12(16)5-9-7-17-3-2-15(9)10-4-8(13)6-14-11(10)12;12-7-3-9-11(13-5-7)10(15)4-8-6-16-2-1-14(8)9/h4,6,9,16H,2-3,5,7H2,1H3;3,5,8H,1-2,4,6H2. The molecule has 6 heterocycles. The summed E-state index contributed by atoms with van der Waals surface area (Å²) in [6.07, 6.45) is 4.25. The molecule has 1 N–H and O–H groups in total. The van der Waals surface area contributed by atoms with E-state index in [2.05, 4.69) is 19.8 Å². The van der Waals surface area contributed by atoms with E-state index in [1.807, 2.05) is 12.1 Å². The van der Waals surface area contributed by atoms with Gasteiger partial charge < -0.3 is 24.4 Å². The van der Waals surface area contributed by atoms with Crippen molar-refractivity contribution >= 4 is 40.4 Å². The van der Waals surface area contributed by atoms with Gasteiger partial charge in [0.15, 0.2) is 5.78 Å². The van der Waals surface area contributed by atoms with E-state index in [9.17, 15) is 9.90 Å². The number of ketones is 1. The lowest BCUT2D eigenvalue weighted by atomic mass is 9.86. The Kier molecular flexibility index (Phi) is 6.22. The Morgan fingerprint density at radius 1 is 1.00 bits per heavy atom. The minimum absolute atomic E-state index is 0.0819. The fourth-order valence-corrected chi connectivity index (χ4v) is 5.38. The summed E-state index contributed by atoms with van der Waals surface area (Å²) in [6, 6.07) is 4.07. The molecule has 0 aliphatic carbocycles. The number of halogens is 2. The monoisotopic (exact) mass is 492 g/mol. The molecule has 4 aliphatic heterocycles. The minimum atomic E-state index is -0.901. The van der Waals surface area contributed by atoms with Crippen LogP contribution in [-0.2, 0) is 15.1 Å². The molecular weight excluding hydrogens is 467 g/mol. The average molecular weight is 493 g/mol. The predicted octanol–water partition coefficient (Wildman–Crippen LogP) is 3.08. The van der Waals surface area contributed by atoms with Crippen molar-refractivity contribution in [2.24, 2.45) is 0 Å². The highest BCUT2D eigenvalue weighted by Crippen LogP contribution is 2.41. The van der Waals surface area contributed by atoms with Crippen molar-refractivity contribution in [3.05, 3.63) is 46.0 Å². The second-order valence-corrected chi connectivity index (χ2v) is 9.86. The average Bonchev–Trinajstić information content (AvgIpc) is 2.79. The number of aromatic nitrogens is 2. The van der Waals surface area contributed by atoms with Crippen LogP contribution in [0.3, 0.4) is 0 Å². The lowest BCUT2D eigenvalue weighted by Gasteiger charge is -2.46. The van der Waals surface area contributed by atoms with Gasteiger partial charge in [-0.05, 0) is 19.1 Å². The number of carbonyl (C=O) groups is 1. The highest BCUT2D eigenvalue weighted by molar-refractivity contribution is 6.31. The number of rotatable bonds is 0. The number of carbonyl (C=O) groups excluding carboxylic acids is 1. The van der Waals surface area contributed by atoms with Crippen LogP contribution in [0.5, 0.6) is 0 Å². The molecule has 10 heteroatoms. The molecule has 3 unspecified atom stereocenters. The molecule has 0 bridgehead atoms. The summed E-state index contributed by atoms with van der Waals surface area (Å²) in [5.41, 5.74) is 2.17. The van der Waals surface area contributed by atoms with Crippen LogP contribution < -0.4 is 9.80 Å². The molecule has 176 valence electrons. The van der Waals surface area contributed by atoms with E-state index >= 15 is 0 Å². The van der Waals surface area contributed by atoms with Crippen LogP contribution in [0.2, 0.25) is 10.0 Å². The van der Waals surface area contributed by atoms with Crippen LogP contribution in [0.15, 0.2) is 24.5 Å². The Hall–Kier alpha value is -1.97. The number of hydrogen-bond donors (Lipinski definition) is 1. The van der Waals surface area contributed by atoms with Gasteiger partial charge in [-0.25, -0.2) is 4.98 Å². The van der Waals surface area contributed by atoms with Gasteiger partial charge in [0.25, 0.3) is 0 Å². The zero-order valence-electron chi connectivity index (χ0n) is 18.3. The molecule has 0 amide bonds. The summed E-state index contributed by atoms with van der Waals surface area (Å²) in [5, 5.41) is 11.6. The van der Waals surface area contributed by atoms with Crippen molar-refractivity contribution in [2.75, 3.05) is 49.3 Å². The van der Waals surface area contributed by atoms with Gasteiger partial charge in [-0.3, -0.25) is 9.78 Å². The van der Waals surface area contributed by atoms with Crippen molar-refractivity contribution in [1.29, 1.82) is 0 Å². The molecule has 2 saturated heterocycles. The number of pyridine rings is 2. The smallest absolute Gasteiger partial charge is 0.185 e. The maximum Gasteiger partial charge on any atom is 0.185 e. The van der Waals surface area contributed by atoms with E-state index in [1.165, 1.54) is 6.20 Å². The van der Waals surface area contributed by atoms with Crippen LogP contribution in [0.25, 0.3) is 0 Å². The van der Waals surface area contributed by atoms with E-state index in [0.29, 0.717) is 55.0 Å². The van der Waals surface area contributed by atoms with Gasteiger partial charge in [0.05, 0.1) is 65.6 Å². The molecule has 0 saturated carbocycles. The van der Waals surface area contributed by atoms with Gasteiger partial charge in [-0.15, -0.1) is 0 Å². The molecule has 0 radical (unpaired) electrons. The van der Waals surface area contributed by atoms with Gasteiger partial charge >= 0.3 is 0 Å². The Bertz CT molecular complexity index is 1070. The van der Waals surface area contributed by atoms with E-state index in [1.54, 1.807) is 13.1 Å². The SMILES string of the molecule is CC1(O)CC2COCCN2c2cc(Cl)cnc21.O=C1CC2COCCN2c2cc(Cl)cnc21. The van der Waals surface area contributed by atoms with Crippen molar-refractivity contribution < 1.29 is 19.4 Å². The van der Waals surface area contributed by atoms with Crippen LogP contribution in [-0.4, -0.2) is 72.5 Å². The highest BCUT2D eigenvalue weighted by atomic mass is 35.5. The lowest BCUT2D eigenvalue weighted by Crippen LogP contribution is -2.53. The number of nitrogens with zero attached hydrogens (tertiary/aromatic N) is 4. The van der Waals surface area contributed by atoms with Crippen molar-refractivity contribution in [3.8, 4) is 0 Å². The van der Waals surface area contributed by atoms with Crippen LogP contribution in [0.4, 0.5) is 11.4 Å². The summed E-state index contributed by atoms with van der Waals surface area (Å²) in [6.45, 7) is 6.10. The zero-order chi connectivity index (χ0) is 23.2. The molecule has 6 rings (SSSR count). The van der Waals surface area contributed by atoms with Crippen LogP contribution >= 0.6 is 23.2 Å². The number of morpholine rings is 2. The maximum absolute atomic E-state index is 11.9. The Morgan fingerprint density at radius 2 is 1.61 bits per heavy atom. The third kappa shape index (κ3) is 4.42. The molecule has 8 nitrogen and oxygen atoms in total. The summed E-state index contributed by atoms with van der Waals surface area (Å²) in [5.74, 6) is 0.0819. The third-order valence-electron chi connectivity index (χ3n) is 6.57. The molecule has 0 spiro atoms. The fourth-order valence-electron chi connectivity index (χ4n) is 5.07. The van der Waals surface area contributed by atoms with Crippen LogP contribution in [0.1, 0.15) is 35.9 Å². The number of anilines is 2. The summed E-state index contributed by atoms with van der Waals surface area (Å²) in [4.78, 5) is 24.7. The van der Waals surface area contributed by atoms with Crippen molar-refractivity contribution in [3.63, 3.8) is 0 Å². The third-order valence-corrected chi connectivity index (χ3v) is 6.98. The molecule has 0 aromatic carbocycles. The molecule has 3 atom stereocenters. The zero-order valence-corrected chi connectivity index (χ0v) is 19.8. The quantitative estimate of drug-likeness (QED) is 0.600. The predicted molar refractivity (Wildman–Crippen MR) is 126 cm³/mol. The van der Waals surface area contributed by atoms with Crippen molar-refractivity contribution in [2.45, 2.75) is 37.5 Å². The number of Topliss-reactive ketones (excluding diaryl/α,β-unsaturated/α-hetero) is 1. The summed E-state index contributed by atoms with van der Waals surface area (Å²) < 4.78 is 10.9. The molecule has 33 heavy (non-hydrogen) atoms. The number of hydrogen-bond acceptors (Lipinski definition) is 8. The lowest BCUT2D eigenvalue weighted by molar-refractivity contribution is 0.000915. The molecule has 2 aromatic rings. The van der Waals surface area contributed by atoms with Gasteiger partial charge in [0.1, 0.15) is 11.3 Å². The first-order chi connectivity index (χ1) is 15.8. The van der Waals surface area contributed by atoms with E-state index in [0.717, 1.165) is 30.2 Å². The summed E-state index contributed by atoms with van der Waals surface area (Å²) >= 11 is 11.9. The Morgan fingerprint density at radius 3 is 2.33 bits per heavy atom. The highest BCUT2D eigenvalue weighted by Gasteiger charge is 2.41. The van der Waals surface area contributed by atoms with Gasteiger partial charge in [0, 0.05) is 38.3 Å². The van der Waals surface area contributed by atoms with E-state index in [4.69, 9.17) is 32.7 Å². The Balaban J connectivity index is 0.000000139. The summed E-state index contributed by atoms with van der Waals surface area (Å²) in [7, 11) is 0. The minimum Gasteiger partial charge on any atom is -0.384 e. The van der Waals surface area contributed by atoms with E-state index in [-0.39, 0.29) is 17.9 Å².